The van der Waals surface area contributed by atoms with Crippen LogP contribution in [0.4, 0.5) is 0 Å². The molecule has 0 aliphatic heterocycles. The van der Waals surface area contributed by atoms with Crippen molar-refractivity contribution in [3.05, 3.63) is 59.2 Å². The van der Waals surface area contributed by atoms with E-state index in [1.54, 1.807) is 30.3 Å². The van der Waals surface area contributed by atoms with Crippen LogP contribution in [0.3, 0.4) is 0 Å². The highest BCUT2D eigenvalue weighted by Gasteiger charge is 2.06. The third kappa shape index (κ3) is 3.73. The van der Waals surface area contributed by atoms with Crippen LogP contribution in [-0.2, 0) is 13.2 Å². The van der Waals surface area contributed by atoms with Crippen molar-refractivity contribution in [2.45, 2.75) is 13.2 Å². The van der Waals surface area contributed by atoms with E-state index in [0.29, 0.717) is 11.5 Å². The number of rotatable bonds is 6. The van der Waals surface area contributed by atoms with Crippen molar-refractivity contribution in [2.24, 2.45) is 0 Å². The summed E-state index contributed by atoms with van der Waals surface area (Å²) in [6, 6.07) is 11.4. The van der Waals surface area contributed by atoms with Gasteiger partial charge in [0.2, 0.25) is 0 Å². The lowest BCUT2D eigenvalue weighted by Crippen LogP contribution is -2.22. The quantitative estimate of drug-likeness (QED) is 0.861. The number of hydrogen-bond donors (Lipinski definition) is 1. The summed E-state index contributed by atoms with van der Waals surface area (Å²) in [5, 5.41) is 19.7. The molecule has 0 amide bonds. The Kier molecular flexibility index (Phi) is 4.79. The van der Waals surface area contributed by atoms with E-state index in [-0.39, 0.29) is 18.8 Å². The molecule has 0 bridgehead atoms. The minimum Gasteiger partial charge on any atom is -0.545 e. The lowest BCUT2D eigenvalue weighted by molar-refractivity contribution is -0.255. The van der Waals surface area contributed by atoms with E-state index in [2.05, 4.69) is 0 Å². The van der Waals surface area contributed by atoms with Crippen LogP contribution < -0.4 is 14.6 Å². The number of carbonyl (C=O) groups excluding carboxylic acids is 1. The van der Waals surface area contributed by atoms with Crippen LogP contribution in [0.2, 0.25) is 0 Å². The van der Waals surface area contributed by atoms with Crippen molar-refractivity contribution in [3.63, 3.8) is 0 Å². The summed E-state index contributed by atoms with van der Waals surface area (Å²) in [5.74, 6) is -0.115. The topological polar surface area (TPSA) is 78.8 Å². The molecule has 0 radical (unpaired) electrons. The normalized spacial score (nSPS) is 10.2. The Labute approximate surface area is 122 Å². The first kappa shape index (κ1) is 14.9. The van der Waals surface area contributed by atoms with Crippen molar-refractivity contribution in [1.29, 1.82) is 0 Å². The molecule has 0 spiro atoms. The number of hydrogen-bond acceptors (Lipinski definition) is 5. The lowest BCUT2D eigenvalue weighted by Gasteiger charge is -2.12. The van der Waals surface area contributed by atoms with Gasteiger partial charge < -0.3 is 24.5 Å². The smallest absolute Gasteiger partial charge is 0.161 e. The highest BCUT2D eigenvalue weighted by atomic mass is 16.5. The maximum Gasteiger partial charge on any atom is 0.161 e. The molecule has 0 saturated carbocycles. The molecule has 2 aromatic rings. The molecule has 0 fully saturated rings. The fraction of sp³-hybridized carbons (Fsp3) is 0.188. The zero-order valence-electron chi connectivity index (χ0n) is 11.5. The Morgan fingerprint density at radius 2 is 1.76 bits per heavy atom. The molecule has 110 valence electrons. The molecule has 0 heterocycles. The number of methoxy groups -OCH3 is 1. The van der Waals surface area contributed by atoms with E-state index in [9.17, 15) is 9.90 Å². The Morgan fingerprint density at radius 1 is 1.10 bits per heavy atom. The van der Waals surface area contributed by atoms with Gasteiger partial charge in [-0.15, -0.1) is 0 Å². The molecule has 2 aromatic carbocycles. The highest BCUT2D eigenvalue weighted by Crippen LogP contribution is 2.28. The number of aromatic carboxylic acids is 1. The molecule has 1 N–H and O–H groups in total. The summed E-state index contributed by atoms with van der Waals surface area (Å²) in [7, 11) is 1.53. The third-order valence-corrected chi connectivity index (χ3v) is 2.99. The molecule has 0 atom stereocenters. The largest absolute Gasteiger partial charge is 0.545 e. The molecule has 0 unspecified atom stereocenters. The Bertz CT molecular complexity index is 619. The Balaban J connectivity index is 2.07. The van der Waals surface area contributed by atoms with Crippen molar-refractivity contribution in [2.75, 3.05) is 7.11 Å². The molecule has 0 aliphatic rings. The maximum absolute atomic E-state index is 10.7. The van der Waals surface area contributed by atoms with E-state index in [1.165, 1.54) is 19.2 Å². The van der Waals surface area contributed by atoms with E-state index in [1.807, 2.05) is 0 Å². The van der Waals surface area contributed by atoms with E-state index >= 15 is 0 Å². The predicted molar refractivity (Wildman–Crippen MR) is 74.0 cm³/mol. The van der Waals surface area contributed by atoms with Gasteiger partial charge in [-0.3, -0.25) is 0 Å². The number of aliphatic hydroxyl groups excluding tert-OH is 1. The minimum atomic E-state index is -1.20. The van der Waals surface area contributed by atoms with Crippen molar-refractivity contribution in [1.82, 2.24) is 0 Å². The first-order valence-electron chi connectivity index (χ1n) is 6.35. The zero-order valence-corrected chi connectivity index (χ0v) is 11.5. The van der Waals surface area contributed by atoms with E-state index < -0.39 is 5.97 Å². The molecular weight excluding hydrogens is 272 g/mol. The molecule has 0 aliphatic carbocycles. The summed E-state index contributed by atoms with van der Waals surface area (Å²) in [6.07, 6.45) is 0. The zero-order chi connectivity index (χ0) is 15.2. The van der Waals surface area contributed by atoms with Crippen LogP contribution in [0.15, 0.2) is 42.5 Å². The monoisotopic (exact) mass is 287 g/mol. The highest BCUT2D eigenvalue weighted by molar-refractivity contribution is 5.85. The molecule has 5 heteroatoms. The van der Waals surface area contributed by atoms with Crippen molar-refractivity contribution in [3.8, 4) is 11.5 Å². The minimum absolute atomic E-state index is 0.0681. The molecule has 0 saturated heterocycles. The van der Waals surface area contributed by atoms with Gasteiger partial charge in [-0.05, 0) is 28.8 Å². The van der Waals surface area contributed by atoms with Gasteiger partial charge >= 0.3 is 0 Å². The number of ether oxygens (including phenoxy) is 2. The first-order valence-corrected chi connectivity index (χ1v) is 6.35. The molecule has 5 nitrogen and oxygen atoms in total. The first-order chi connectivity index (χ1) is 10.1. The summed E-state index contributed by atoms with van der Waals surface area (Å²) < 4.78 is 10.8. The van der Waals surface area contributed by atoms with Gasteiger partial charge in [0, 0.05) is 0 Å². The second kappa shape index (κ2) is 6.76. The van der Waals surface area contributed by atoms with Crippen molar-refractivity contribution < 1.29 is 24.5 Å². The number of carboxylic acids is 1. The summed E-state index contributed by atoms with van der Waals surface area (Å²) >= 11 is 0. The molecule has 0 aromatic heterocycles. The number of carboxylic acid groups (broad SMARTS) is 1. The van der Waals surface area contributed by atoms with Gasteiger partial charge in [0.25, 0.3) is 0 Å². The SMILES string of the molecule is COc1cc(CO)ccc1OCc1ccc(C(=O)[O-])cc1. The number of carbonyl (C=O) groups is 1. The van der Waals surface area contributed by atoms with E-state index in [0.717, 1.165) is 11.1 Å². The summed E-state index contributed by atoms with van der Waals surface area (Å²) in [4.78, 5) is 10.7. The van der Waals surface area contributed by atoms with Crippen LogP contribution in [0.5, 0.6) is 11.5 Å². The molecule has 2 rings (SSSR count). The van der Waals surface area contributed by atoms with Gasteiger partial charge in [-0.1, -0.05) is 30.3 Å². The summed E-state index contributed by atoms with van der Waals surface area (Å²) in [5.41, 5.74) is 1.69. The second-order valence-electron chi connectivity index (χ2n) is 4.42. The number of aliphatic hydroxyl groups is 1. The van der Waals surface area contributed by atoms with Crippen LogP contribution in [0, 0.1) is 0 Å². The molecule has 21 heavy (non-hydrogen) atoms. The van der Waals surface area contributed by atoms with Crippen LogP contribution >= 0.6 is 0 Å². The Morgan fingerprint density at radius 3 is 2.33 bits per heavy atom. The summed E-state index contributed by atoms with van der Waals surface area (Å²) in [6.45, 7) is 0.212. The van der Waals surface area contributed by atoms with Gasteiger partial charge in [-0.25, -0.2) is 0 Å². The predicted octanol–water partition coefficient (Wildman–Crippen LogP) is 1.13. The fourth-order valence-corrected chi connectivity index (χ4v) is 1.83. The average Bonchev–Trinajstić information content (AvgIpc) is 2.53. The second-order valence-corrected chi connectivity index (χ2v) is 4.42. The Hall–Kier alpha value is -2.53. The van der Waals surface area contributed by atoms with Gasteiger partial charge in [0.1, 0.15) is 6.61 Å². The standard InChI is InChI=1S/C16H16O5/c1-20-15-8-12(9-17)4-7-14(15)21-10-11-2-5-13(6-3-11)16(18)19/h2-8,17H,9-10H2,1H3,(H,18,19)/p-1. The lowest BCUT2D eigenvalue weighted by atomic mass is 10.1. The van der Waals surface area contributed by atoms with Gasteiger partial charge in [-0.2, -0.15) is 0 Å². The fourth-order valence-electron chi connectivity index (χ4n) is 1.83. The van der Waals surface area contributed by atoms with Gasteiger partial charge in [0.05, 0.1) is 19.7 Å². The van der Waals surface area contributed by atoms with Crippen LogP contribution in [0.1, 0.15) is 21.5 Å². The average molecular weight is 287 g/mol. The van der Waals surface area contributed by atoms with Gasteiger partial charge in [0.15, 0.2) is 11.5 Å². The third-order valence-electron chi connectivity index (χ3n) is 2.99. The van der Waals surface area contributed by atoms with Crippen LogP contribution in [-0.4, -0.2) is 18.2 Å². The number of benzene rings is 2. The maximum atomic E-state index is 10.7. The van der Waals surface area contributed by atoms with Crippen LogP contribution in [0.25, 0.3) is 0 Å². The van der Waals surface area contributed by atoms with E-state index in [4.69, 9.17) is 14.6 Å². The molecular formula is C16H15O5-. The van der Waals surface area contributed by atoms with Crippen molar-refractivity contribution >= 4 is 5.97 Å².